The minimum atomic E-state index is -0.232. The van der Waals surface area contributed by atoms with Gasteiger partial charge < -0.3 is 14.6 Å². The molecule has 164 valence electrons. The van der Waals surface area contributed by atoms with E-state index in [1.54, 1.807) is 7.11 Å². The lowest BCUT2D eigenvalue weighted by atomic mass is 9.93. The van der Waals surface area contributed by atoms with Crippen LogP contribution in [0.25, 0.3) is 11.3 Å². The number of aromatic nitrogens is 4. The van der Waals surface area contributed by atoms with Crippen molar-refractivity contribution >= 4 is 11.6 Å². The quantitative estimate of drug-likeness (QED) is 0.451. The summed E-state index contributed by atoms with van der Waals surface area (Å²) in [6.45, 7) is 2.69. The largest absolute Gasteiger partial charge is 0.496 e. The van der Waals surface area contributed by atoms with Crippen molar-refractivity contribution in [1.29, 1.82) is 0 Å². The van der Waals surface area contributed by atoms with Crippen LogP contribution < -0.4 is 10.1 Å². The molecule has 2 aromatic heterocycles. The molecule has 0 saturated heterocycles. The van der Waals surface area contributed by atoms with E-state index in [0.717, 1.165) is 54.1 Å². The smallest absolute Gasteiger partial charge is 0.246 e. The van der Waals surface area contributed by atoms with Crippen LogP contribution in [0.5, 0.6) is 5.75 Å². The van der Waals surface area contributed by atoms with E-state index in [2.05, 4.69) is 15.6 Å². The van der Waals surface area contributed by atoms with Crippen LogP contribution in [-0.2, 0) is 6.54 Å². The molecule has 1 N–H and O–H groups in total. The van der Waals surface area contributed by atoms with Crippen molar-refractivity contribution in [1.82, 2.24) is 19.9 Å². The first kappa shape index (κ1) is 20.2. The minimum Gasteiger partial charge on any atom is -0.496 e. The maximum absolute atomic E-state index is 13.4. The molecule has 3 heterocycles. The number of nitrogens with zero attached hydrogens (tertiary/aromatic N) is 4. The fraction of sp³-hybridized carbons (Fsp3) is 0.292. The van der Waals surface area contributed by atoms with Gasteiger partial charge in [-0.2, -0.15) is 4.98 Å². The Morgan fingerprint density at radius 3 is 2.72 bits per heavy atom. The molecule has 1 aliphatic heterocycles. The molecule has 1 atom stereocenters. The molecule has 1 unspecified atom stereocenters. The van der Waals surface area contributed by atoms with Gasteiger partial charge in [0, 0.05) is 30.3 Å². The van der Waals surface area contributed by atoms with E-state index in [4.69, 9.17) is 14.2 Å². The van der Waals surface area contributed by atoms with Crippen LogP contribution in [0.1, 0.15) is 42.3 Å². The number of benzene rings is 2. The summed E-state index contributed by atoms with van der Waals surface area (Å²) in [7, 11) is 1.62. The van der Waals surface area contributed by atoms with Gasteiger partial charge in [-0.3, -0.25) is 0 Å². The second-order valence-corrected chi connectivity index (χ2v) is 7.99. The van der Waals surface area contributed by atoms with Crippen molar-refractivity contribution in [2.24, 2.45) is 0 Å². The molecule has 0 amide bonds. The van der Waals surface area contributed by atoms with Gasteiger partial charge in [0.2, 0.25) is 5.95 Å². The van der Waals surface area contributed by atoms with Crippen LogP contribution in [-0.4, -0.2) is 27.0 Å². The maximum Gasteiger partial charge on any atom is 0.246 e. The summed E-state index contributed by atoms with van der Waals surface area (Å²) in [6.07, 6.45) is 3.07. The lowest BCUT2D eigenvalue weighted by Crippen LogP contribution is -2.08. The van der Waals surface area contributed by atoms with Crippen molar-refractivity contribution in [3.05, 3.63) is 71.4 Å². The first-order chi connectivity index (χ1) is 15.6. The van der Waals surface area contributed by atoms with Gasteiger partial charge in [0.15, 0.2) is 5.76 Å². The molecule has 0 saturated carbocycles. The zero-order chi connectivity index (χ0) is 22.1. The highest BCUT2D eigenvalue weighted by Gasteiger charge is 2.24. The second kappa shape index (κ2) is 8.45. The molecule has 0 spiro atoms. The van der Waals surface area contributed by atoms with Gasteiger partial charge in [-0.25, -0.2) is 9.07 Å². The summed E-state index contributed by atoms with van der Waals surface area (Å²) in [4.78, 5) is 4.80. The van der Waals surface area contributed by atoms with Crippen LogP contribution in [0, 0.1) is 12.7 Å². The molecule has 0 aliphatic carbocycles. The number of hydrogen-bond acceptors (Lipinski definition) is 6. The standard InChI is InChI=1S/C24H24FN5O2/c1-15-13-22(32-29-15)20-11-10-18(14-21(20)31-2)26-24-27-23-19(5-3-4-12-30(23)28-24)16-6-8-17(25)9-7-16/h6-11,13-14,19H,3-5,12H2,1-2H3,(H,26,28). The van der Waals surface area contributed by atoms with E-state index in [1.807, 2.05) is 48.0 Å². The van der Waals surface area contributed by atoms with Gasteiger partial charge in [-0.15, -0.1) is 5.10 Å². The molecule has 7 nitrogen and oxygen atoms in total. The normalized spacial score (nSPS) is 15.8. The van der Waals surface area contributed by atoms with E-state index in [9.17, 15) is 4.39 Å². The van der Waals surface area contributed by atoms with E-state index in [-0.39, 0.29) is 11.7 Å². The van der Waals surface area contributed by atoms with E-state index in [1.165, 1.54) is 12.1 Å². The van der Waals surface area contributed by atoms with Crippen molar-refractivity contribution in [2.45, 2.75) is 38.6 Å². The number of nitrogens with one attached hydrogen (secondary N) is 1. The van der Waals surface area contributed by atoms with Crippen molar-refractivity contribution in [2.75, 3.05) is 12.4 Å². The van der Waals surface area contributed by atoms with Crippen molar-refractivity contribution in [3.8, 4) is 17.1 Å². The Kier molecular flexibility index (Phi) is 5.34. The highest BCUT2D eigenvalue weighted by atomic mass is 19.1. The number of methoxy groups -OCH3 is 1. The number of halogens is 1. The Labute approximate surface area is 185 Å². The summed E-state index contributed by atoms with van der Waals surface area (Å²) in [5.41, 5.74) is 3.50. The summed E-state index contributed by atoms with van der Waals surface area (Å²) < 4.78 is 26.3. The molecule has 4 aromatic rings. The predicted molar refractivity (Wildman–Crippen MR) is 119 cm³/mol. The third kappa shape index (κ3) is 3.95. The van der Waals surface area contributed by atoms with E-state index >= 15 is 0 Å². The highest BCUT2D eigenvalue weighted by molar-refractivity contribution is 5.71. The molecule has 32 heavy (non-hydrogen) atoms. The fourth-order valence-electron chi connectivity index (χ4n) is 4.17. The molecule has 2 aromatic carbocycles. The SMILES string of the molecule is COc1cc(Nc2nc3n(n2)CCCCC3c2ccc(F)cc2)ccc1-c1cc(C)no1. The zero-order valence-corrected chi connectivity index (χ0v) is 18.0. The first-order valence-corrected chi connectivity index (χ1v) is 10.7. The van der Waals surface area contributed by atoms with Gasteiger partial charge in [0.05, 0.1) is 18.4 Å². The van der Waals surface area contributed by atoms with Crippen LogP contribution >= 0.6 is 0 Å². The topological polar surface area (TPSA) is 78.0 Å². The van der Waals surface area contributed by atoms with Crippen LogP contribution in [0.2, 0.25) is 0 Å². The molecule has 5 rings (SSSR count). The lowest BCUT2D eigenvalue weighted by molar-refractivity contribution is 0.405. The van der Waals surface area contributed by atoms with Gasteiger partial charge in [0.1, 0.15) is 17.4 Å². The molecule has 0 bridgehead atoms. The zero-order valence-electron chi connectivity index (χ0n) is 18.0. The summed E-state index contributed by atoms with van der Waals surface area (Å²) in [5.74, 6) is 2.60. The van der Waals surface area contributed by atoms with E-state index in [0.29, 0.717) is 17.5 Å². The monoisotopic (exact) mass is 433 g/mol. The number of rotatable bonds is 5. The molecule has 1 aliphatic rings. The summed E-state index contributed by atoms with van der Waals surface area (Å²) in [5, 5.41) is 11.9. The molecule has 8 heteroatoms. The molecule has 0 radical (unpaired) electrons. The third-order valence-corrected chi connectivity index (χ3v) is 5.75. The van der Waals surface area contributed by atoms with Gasteiger partial charge in [0.25, 0.3) is 0 Å². The van der Waals surface area contributed by atoms with Gasteiger partial charge in [-0.05, 0) is 49.6 Å². The van der Waals surface area contributed by atoms with Gasteiger partial charge >= 0.3 is 0 Å². The van der Waals surface area contributed by atoms with Gasteiger partial charge in [-0.1, -0.05) is 23.7 Å². The average molecular weight is 433 g/mol. The summed E-state index contributed by atoms with van der Waals surface area (Å²) >= 11 is 0. The van der Waals surface area contributed by atoms with Crippen LogP contribution in [0.15, 0.2) is 53.1 Å². The first-order valence-electron chi connectivity index (χ1n) is 10.7. The highest BCUT2D eigenvalue weighted by Crippen LogP contribution is 2.35. The average Bonchev–Trinajstić information content (AvgIpc) is 3.35. The molecule has 0 fully saturated rings. The number of hydrogen-bond donors (Lipinski definition) is 1. The Morgan fingerprint density at radius 2 is 1.97 bits per heavy atom. The van der Waals surface area contributed by atoms with Crippen molar-refractivity contribution in [3.63, 3.8) is 0 Å². The number of ether oxygens (including phenoxy) is 1. The predicted octanol–water partition coefficient (Wildman–Crippen LogP) is 5.45. The fourth-order valence-corrected chi connectivity index (χ4v) is 4.17. The minimum absolute atomic E-state index is 0.0905. The second-order valence-electron chi connectivity index (χ2n) is 7.99. The van der Waals surface area contributed by atoms with E-state index < -0.39 is 0 Å². The summed E-state index contributed by atoms with van der Waals surface area (Å²) in [6, 6.07) is 14.3. The number of anilines is 2. The Morgan fingerprint density at radius 1 is 1.12 bits per heavy atom. The Hall–Kier alpha value is -3.68. The molecular formula is C24H24FN5O2. The lowest BCUT2D eigenvalue weighted by Gasteiger charge is -2.14. The van der Waals surface area contributed by atoms with Crippen molar-refractivity contribution < 1.29 is 13.7 Å². The number of fused-ring (bicyclic) bond motifs is 1. The Balaban J connectivity index is 1.43. The Bertz CT molecular complexity index is 1230. The van der Waals surface area contributed by atoms with Crippen LogP contribution in [0.4, 0.5) is 16.0 Å². The van der Waals surface area contributed by atoms with Crippen LogP contribution in [0.3, 0.4) is 0 Å². The third-order valence-electron chi connectivity index (χ3n) is 5.75. The molecular weight excluding hydrogens is 409 g/mol. The number of aryl methyl sites for hydroxylation is 2. The maximum atomic E-state index is 13.4.